The van der Waals surface area contributed by atoms with Crippen LogP contribution in [0.15, 0.2) is 30.6 Å². The molecule has 4 N–H and O–H groups in total. The van der Waals surface area contributed by atoms with Crippen LogP contribution in [0.1, 0.15) is 15.9 Å². The fourth-order valence-electron chi connectivity index (χ4n) is 1.86. The summed E-state index contributed by atoms with van der Waals surface area (Å²) in [6.07, 6.45) is 3.26. The Labute approximate surface area is 119 Å². The van der Waals surface area contributed by atoms with Crippen molar-refractivity contribution in [2.75, 3.05) is 12.5 Å². The Hall–Kier alpha value is -2.94. The second-order valence-electron chi connectivity index (χ2n) is 4.40. The Kier molecular flexibility index (Phi) is 4.14. The maximum Gasteiger partial charge on any atom is 0.270 e. The number of nitrogens with two attached hydrogens (primary N) is 1. The third-order valence-electron chi connectivity index (χ3n) is 2.92. The minimum absolute atomic E-state index is 0.137. The number of carbonyl (C=O) groups is 1. The molecule has 21 heavy (non-hydrogen) atoms. The lowest BCUT2D eigenvalue weighted by molar-refractivity contribution is -0.384. The summed E-state index contributed by atoms with van der Waals surface area (Å²) in [4.78, 5) is 24.1. The number of rotatable bonds is 5. The first kappa shape index (κ1) is 14.5. The van der Waals surface area contributed by atoms with Gasteiger partial charge in [-0.05, 0) is 6.07 Å². The van der Waals surface area contributed by atoms with Crippen molar-refractivity contribution >= 4 is 17.3 Å². The summed E-state index contributed by atoms with van der Waals surface area (Å²) in [5.74, 6) is 4.96. The average molecular weight is 290 g/mol. The van der Waals surface area contributed by atoms with Gasteiger partial charge in [-0.15, -0.1) is 0 Å². The van der Waals surface area contributed by atoms with Crippen molar-refractivity contribution in [3.8, 4) is 0 Å². The number of non-ortho nitro benzene ring substituents is 1. The van der Waals surface area contributed by atoms with E-state index in [1.54, 1.807) is 19.4 Å². The van der Waals surface area contributed by atoms with Gasteiger partial charge in [0.25, 0.3) is 11.6 Å². The molecule has 0 aliphatic heterocycles. The van der Waals surface area contributed by atoms with Gasteiger partial charge in [-0.2, -0.15) is 5.10 Å². The molecule has 0 saturated heterocycles. The largest absolute Gasteiger partial charge is 0.337 e. The predicted octanol–water partition coefficient (Wildman–Crippen LogP) is 0.876. The summed E-state index contributed by atoms with van der Waals surface area (Å²) in [6.45, 7) is 0.321. The van der Waals surface area contributed by atoms with E-state index in [1.165, 1.54) is 23.1 Å². The molecule has 110 valence electrons. The summed E-state index contributed by atoms with van der Waals surface area (Å²) in [5.41, 5.74) is 3.47. The van der Waals surface area contributed by atoms with Gasteiger partial charge < -0.3 is 10.3 Å². The number of hydrogen-bond donors (Lipinski definition) is 3. The van der Waals surface area contributed by atoms with Crippen LogP contribution in [0.3, 0.4) is 0 Å². The maximum absolute atomic E-state index is 12.4. The Morgan fingerprint density at radius 3 is 2.90 bits per heavy atom. The highest BCUT2D eigenvalue weighted by Gasteiger charge is 2.19. The van der Waals surface area contributed by atoms with Crippen LogP contribution in [-0.4, -0.2) is 33.0 Å². The second-order valence-corrected chi connectivity index (χ2v) is 4.40. The zero-order chi connectivity index (χ0) is 15.4. The number of nitrogens with zero attached hydrogens (tertiary/aromatic N) is 3. The number of nitrogens with one attached hydrogen (secondary N) is 2. The molecule has 0 unspecified atom stereocenters. The van der Waals surface area contributed by atoms with Crippen molar-refractivity contribution in [2.24, 2.45) is 5.84 Å². The number of nitro groups is 1. The van der Waals surface area contributed by atoms with Crippen molar-refractivity contribution < 1.29 is 9.72 Å². The van der Waals surface area contributed by atoms with Crippen LogP contribution in [0.2, 0.25) is 0 Å². The monoisotopic (exact) mass is 290 g/mol. The first-order valence-electron chi connectivity index (χ1n) is 6.01. The third kappa shape index (κ3) is 3.15. The van der Waals surface area contributed by atoms with Crippen LogP contribution < -0.4 is 11.3 Å². The molecule has 0 bridgehead atoms. The van der Waals surface area contributed by atoms with Crippen LogP contribution in [0.4, 0.5) is 11.4 Å². The van der Waals surface area contributed by atoms with E-state index in [0.717, 1.165) is 5.56 Å². The fraction of sp³-hybridized carbons (Fsp3) is 0.167. The van der Waals surface area contributed by atoms with Gasteiger partial charge in [0.1, 0.15) is 0 Å². The second kappa shape index (κ2) is 6.01. The van der Waals surface area contributed by atoms with Gasteiger partial charge in [0.05, 0.1) is 22.4 Å². The van der Waals surface area contributed by atoms with E-state index in [9.17, 15) is 14.9 Å². The molecule has 0 radical (unpaired) electrons. The van der Waals surface area contributed by atoms with E-state index < -0.39 is 4.92 Å². The smallest absolute Gasteiger partial charge is 0.270 e. The van der Waals surface area contributed by atoms with Crippen LogP contribution in [0, 0.1) is 10.1 Å². The Morgan fingerprint density at radius 2 is 2.33 bits per heavy atom. The summed E-state index contributed by atoms with van der Waals surface area (Å²) < 4.78 is 0. The van der Waals surface area contributed by atoms with E-state index >= 15 is 0 Å². The Balaban J connectivity index is 2.28. The Bertz CT molecular complexity index is 655. The number of amides is 1. The van der Waals surface area contributed by atoms with E-state index in [4.69, 9.17) is 5.84 Å². The normalized spacial score (nSPS) is 10.2. The number of hydrazine groups is 1. The van der Waals surface area contributed by atoms with Gasteiger partial charge in [0.15, 0.2) is 0 Å². The highest BCUT2D eigenvalue weighted by molar-refractivity contribution is 6.00. The van der Waals surface area contributed by atoms with Gasteiger partial charge in [-0.25, -0.2) is 0 Å². The van der Waals surface area contributed by atoms with Gasteiger partial charge in [-0.1, -0.05) is 0 Å². The van der Waals surface area contributed by atoms with Crippen molar-refractivity contribution in [3.05, 3.63) is 51.8 Å². The molecular formula is C12H14N6O3. The topological polar surface area (TPSA) is 130 Å². The minimum atomic E-state index is -0.562. The summed E-state index contributed by atoms with van der Waals surface area (Å²) in [5, 5.41) is 17.3. The molecule has 2 aromatic rings. The fourth-order valence-corrected chi connectivity index (χ4v) is 1.86. The molecule has 1 aromatic carbocycles. The number of H-pyrrole nitrogens is 1. The quantitative estimate of drug-likeness (QED) is 0.425. The standard InChI is InChI=1S/C12H14N6O3/c1-17(7-8-5-14-15-6-8)12(19)10-4-9(18(20)21)2-3-11(10)16-13/h2-6,16H,7,13H2,1H3,(H,14,15). The number of aromatic nitrogens is 2. The summed E-state index contributed by atoms with van der Waals surface area (Å²) >= 11 is 0. The van der Waals surface area contributed by atoms with E-state index in [-0.39, 0.29) is 17.2 Å². The molecule has 1 amide bonds. The molecule has 9 heteroatoms. The number of aromatic amines is 1. The lowest BCUT2D eigenvalue weighted by atomic mass is 10.1. The van der Waals surface area contributed by atoms with Gasteiger partial charge in [-0.3, -0.25) is 25.9 Å². The highest BCUT2D eigenvalue weighted by atomic mass is 16.6. The van der Waals surface area contributed by atoms with Crippen molar-refractivity contribution in [1.29, 1.82) is 0 Å². The molecule has 9 nitrogen and oxygen atoms in total. The van der Waals surface area contributed by atoms with E-state index in [0.29, 0.717) is 12.2 Å². The first-order valence-corrected chi connectivity index (χ1v) is 6.01. The molecule has 0 aliphatic rings. The molecule has 0 fully saturated rings. The van der Waals surface area contributed by atoms with Crippen LogP contribution in [-0.2, 0) is 6.54 Å². The molecule has 1 aromatic heterocycles. The number of carbonyl (C=O) groups excluding carboxylic acids is 1. The minimum Gasteiger partial charge on any atom is -0.337 e. The van der Waals surface area contributed by atoms with Crippen LogP contribution >= 0.6 is 0 Å². The van der Waals surface area contributed by atoms with Crippen molar-refractivity contribution in [2.45, 2.75) is 6.54 Å². The van der Waals surface area contributed by atoms with Crippen molar-refractivity contribution in [3.63, 3.8) is 0 Å². The number of benzene rings is 1. The third-order valence-corrected chi connectivity index (χ3v) is 2.92. The Morgan fingerprint density at radius 1 is 1.57 bits per heavy atom. The highest BCUT2D eigenvalue weighted by Crippen LogP contribution is 2.23. The molecule has 0 aliphatic carbocycles. The lowest BCUT2D eigenvalue weighted by Crippen LogP contribution is -2.27. The molecule has 1 heterocycles. The molecule has 0 spiro atoms. The van der Waals surface area contributed by atoms with Crippen molar-refractivity contribution in [1.82, 2.24) is 15.1 Å². The molecule has 0 saturated carbocycles. The first-order chi connectivity index (χ1) is 10.0. The van der Waals surface area contributed by atoms with Gasteiger partial charge in [0, 0.05) is 37.5 Å². The summed E-state index contributed by atoms with van der Waals surface area (Å²) in [6, 6.07) is 3.88. The van der Waals surface area contributed by atoms with Gasteiger partial charge in [0.2, 0.25) is 0 Å². The number of anilines is 1. The zero-order valence-corrected chi connectivity index (χ0v) is 11.2. The zero-order valence-electron chi connectivity index (χ0n) is 11.2. The predicted molar refractivity (Wildman–Crippen MR) is 75.3 cm³/mol. The molecule has 2 rings (SSSR count). The maximum atomic E-state index is 12.4. The average Bonchev–Trinajstić information content (AvgIpc) is 2.98. The van der Waals surface area contributed by atoms with Gasteiger partial charge >= 0.3 is 0 Å². The van der Waals surface area contributed by atoms with E-state index in [1.807, 2.05) is 0 Å². The van der Waals surface area contributed by atoms with Crippen LogP contribution in [0.25, 0.3) is 0 Å². The number of hydrogen-bond acceptors (Lipinski definition) is 6. The van der Waals surface area contributed by atoms with Crippen LogP contribution in [0.5, 0.6) is 0 Å². The lowest BCUT2D eigenvalue weighted by Gasteiger charge is -2.18. The summed E-state index contributed by atoms with van der Waals surface area (Å²) in [7, 11) is 1.59. The number of nitro benzene ring substituents is 1. The molecule has 0 atom stereocenters. The molecular weight excluding hydrogens is 276 g/mol. The van der Waals surface area contributed by atoms with E-state index in [2.05, 4.69) is 15.6 Å². The SMILES string of the molecule is CN(Cc1cn[nH]c1)C(=O)c1cc([N+](=O)[O-])ccc1NN. The number of nitrogen functional groups attached to an aromatic ring is 1.